The predicted molar refractivity (Wildman–Crippen MR) is 128 cm³/mol. The Morgan fingerprint density at radius 2 is 1.62 bits per heavy atom. The van der Waals surface area contributed by atoms with Gasteiger partial charge in [0.1, 0.15) is 17.8 Å². The molecule has 4 nitrogen and oxygen atoms in total. The second-order valence-electron chi connectivity index (χ2n) is 12.6. The summed E-state index contributed by atoms with van der Waals surface area (Å²) in [5.41, 5.74) is 0.483. The molecular weight excluding hydrogens is 400 g/mol. The lowest BCUT2D eigenvalue weighted by atomic mass is 9.45. The Morgan fingerprint density at radius 3 is 2.28 bits per heavy atom. The number of aliphatic hydroxyl groups is 4. The van der Waals surface area contributed by atoms with E-state index in [0.717, 1.165) is 31.3 Å². The summed E-state index contributed by atoms with van der Waals surface area (Å²) >= 11 is 0. The number of allylic oxidation sites excluding steroid dienone is 3. The van der Waals surface area contributed by atoms with Gasteiger partial charge in [-0.05, 0) is 79.1 Å². The topological polar surface area (TPSA) is 80.9 Å². The fourth-order valence-corrected chi connectivity index (χ4v) is 8.09. The summed E-state index contributed by atoms with van der Waals surface area (Å²) in [4.78, 5) is 0. The summed E-state index contributed by atoms with van der Waals surface area (Å²) in [7, 11) is 0. The molecule has 4 aliphatic carbocycles. The number of rotatable bonds is 4. The first kappa shape index (κ1) is 24.4. The molecule has 0 bridgehead atoms. The van der Waals surface area contributed by atoms with E-state index in [9.17, 15) is 20.4 Å². The van der Waals surface area contributed by atoms with Crippen LogP contribution >= 0.6 is 0 Å². The molecule has 0 amide bonds. The molecule has 4 unspecified atom stereocenters. The van der Waals surface area contributed by atoms with Crippen LogP contribution in [-0.4, -0.2) is 44.3 Å². The maximum Gasteiger partial charge on any atom is 0.113 e. The highest BCUT2D eigenvalue weighted by Gasteiger charge is 2.67. The van der Waals surface area contributed by atoms with E-state index < -0.39 is 29.3 Å². The SMILES string of the molecule is CC(C)C(C)/C=C/C(C)C1CCC2=C3C(CC[C@@]21C)[C@@]1(C)CC[C@H](O)C[C@]1(O)[C@H](O)[C@H]3O. The first-order valence-electron chi connectivity index (χ1n) is 13.0. The van der Waals surface area contributed by atoms with E-state index in [2.05, 4.69) is 53.7 Å². The molecule has 0 aliphatic heterocycles. The van der Waals surface area contributed by atoms with Gasteiger partial charge in [-0.15, -0.1) is 0 Å². The van der Waals surface area contributed by atoms with Gasteiger partial charge in [-0.25, -0.2) is 0 Å². The lowest BCUT2D eigenvalue weighted by Gasteiger charge is -2.63. The maximum atomic E-state index is 11.6. The molecule has 4 rings (SSSR count). The van der Waals surface area contributed by atoms with Gasteiger partial charge >= 0.3 is 0 Å². The second kappa shape index (κ2) is 8.22. The van der Waals surface area contributed by atoms with Gasteiger partial charge in [-0.2, -0.15) is 0 Å². The molecule has 10 atom stereocenters. The lowest BCUT2D eigenvalue weighted by Crippen LogP contribution is -2.70. The maximum absolute atomic E-state index is 11.6. The summed E-state index contributed by atoms with van der Waals surface area (Å²) in [6.45, 7) is 13.6. The second-order valence-corrected chi connectivity index (χ2v) is 12.6. The van der Waals surface area contributed by atoms with Gasteiger partial charge in [0.2, 0.25) is 0 Å². The molecule has 4 N–H and O–H groups in total. The minimum atomic E-state index is -1.44. The summed E-state index contributed by atoms with van der Waals surface area (Å²) in [6, 6.07) is 0. The molecule has 0 spiro atoms. The summed E-state index contributed by atoms with van der Waals surface area (Å²) in [5.74, 6) is 2.28. The van der Waals surface area contributed by atoms with Crippen LogP contribution in [0.25, 0.3) is 0 Å². The van der Waals surface area contributed by atoms with Crippen molar-refractivity contribution < 1.29 is 20.4 Å². The molecule has 0 heterocycles. The van der Waals surface area contributed by atoms with E-state index >= 15 is 0 Å². The third-order valence-electron chi connectivity index (χ3n) is 10.7. The molecule has 182 valence electrons. The van der Waals surface area contributed by atoms with Crippen LogP contribution in [0.2, 0.25) is 0 Å². The molecule has 4 aliphatic rings. The van der Waals surface area contributed by atoms with Gasteiger partial charge < -0.3 is 20.4 Å². The molecule has 3 fully saturated rings. The van der Waals surface area contributed by atoms with Crippen LogP contribution in [0, 0.1) is 40.4 Å². The average molecular weight is 447 g/mol. The Balaban J connectivity index is 1.69. The smallest absolute Gasteiger partial charge is 0.113 e. The molecule has 32 heavy (non-hydrogen) atoms. The van der Waals surface area contributed by atoms with Gasteiger partial charge in [-0.1, -0.05) is 59.3 Å². The molecule has 0 aromatic rings. The monoisotopic (exact) mass is 446 g/mol. The number of hydrogen-bond donors (Lipinski definition) is 4. The van der Waals surface area contributed by atoms with E-state index in [1.165, 1.54) is 5.57 Å². The van der Waals surface area contributed by atoms with Gasteiger partial charge in [0.05, 0.1) is 6.10 Å². The Morgan fingerprint density at radius 1 is 0.938 bits per heavy atom. The largest absolute Gasteiger partial charge is 0.393 e. The predicted octanol–water partition coefficient (Wildman–Crippen LogP) is 4.61. The van der Waals surface area contributed by atoms with Crippen molar-refractivity contribution in [3.05, 3.63) is 23.3 Å². The minimum Gasteiger partial charge on any atom is -0.393 e. The van der Waals surface area contributed by atoms with Gasteiger partial charge in [0.25, 0.3) is 0 Å². The average Bonchev–Trinajstić information content (AvgIpc) is 3.09. The van der Waals surface area contributed by atoms with E-state index in [1.807, 2.05) is 0 Å². The van der Waals surface area contributed by atoms with Crippen LogP contribution in [0.15, 0.2) is 23.3 Å². The molecule has 0 aromatic carbocycles. The Bertz CT molecular complexity index is 786. The molecule has 3 saturated carbocycles. The Labute approximate surface area is 194 Å². The van der Waals surface area contributed by atoms with Crippen molar-refractivity contribution in [2.45, 2.75) is 110 Å². The van der Waals surface area contributed by atoms with Crippen LogP contribution < -0.4 is 0 Å². The zero-order chi connectivity index (χ0) is 23.6. The van der Waals surface area contributed by atoms with Crippen molar-refractivity contribution in [3.63, 3.8) is 0 Å². The minimum absolute atomic E-state index is 0.0390. The summed E-state index contributed by atoms with van der Waals surface area (Å²) in [6.07, 6.45) is 7.47. The molecular formula is C28H46O4. The highest BCUT2D eigenvalue weighted by atomic mass is 16.4. The van der Waals surface area contributed by atoms with Crippen LogP contribution in [-0.2, 0) is 0 Å². The van der Waals surface area contributed by atoms with Crippen LogP contribution in [0.3, 0.4) is 0 Å². The van der Waals surface area contributed by atoms with E-state index in [-0.39, 0.29) is 17.8 Å². The van der Waals surface area contributed by atoms with Gasteiger partial charge in [0.15, 0.2) is 0 Å². The van der Waals surface area contributed by atoms with E-state index in [4.69, 9.17) is 0 Å². The van der Waals surface area contributed by atoms with Crippen LogP contribution in [0.1, 0.15) is 86.5 Å². The van der Waals surface area contributed by atoms with Crippen LogP contribution in [0.5, 0.6) is 0 Å². The highest BCUT2D eigenvalue weighted by molar-refractivity contribution is 5.40. The van der Waals surface area contributed by atoms with Crippen molar-refractivity contribution in [1.82, 2.24) is 0 Å². The van der Waals surface area contributed by atoms with E-state index in [1.54, 1.807) is 0 Å². The van der Waals surface area contributed by atoms with E-state index in [0.29, 0.717) is 36.5 Å². The van der Waals surface area contributed by atoms with Crippen molar-refractivity contribution in [1.29, 1.82) is 0 Å². The van der Waals surface area contributed by atoms with Crippen molar-refractivity contribution in [3.8, 4) is 0 Å². The Kier molecular flexibility index (Phi) is 6.28. The van der Waals surface area contributed by atoms with Crippen molar-refractivity contribution in [2.24, 2.45) is 40.4 Å². The van der Waals surface area contributed by atoms with Crippen LogP contribution in [0.4, 0.5) is 0 Å². The lowest BCUT2D eigenvalue weighted by molar-refractivity contribution is -0.248. The number of hydrogen-bond acceptors (Lipinski definition) is 4. The Hall–Kier alpha value is -0.680. The van der Waals surface area contributed by atoms with Crippen molar-refractivity contribution in [2.75, 3.05) is 0 Å². The third kappa shape index (κ3) is 3.39. The number of aliphatic hydroxyl groups excluding tert-OH is 3. The normalized spacial score (nSPS) is 48.5. The zero-order valence-electron chi connectivity index (χ0n) is 21.0. The first-order valence-corrected chi connectivity index (χ1v) is 13.0. The van der Waals surface area contributed by atoms with Gasteiger partial charge in [0, 0.05) is 11.8 Å². The van der Waals surface area contributed by atoms with Gasteiger partial charge in [-0.3, -0.25) is 0 Å². The standard InChI is InChI=1S/C28H46O4/c1-16(2)17(3)7-8-18(4)20-9-10-21-23-22(12-13-26(20,21)5)27(6)14-11-19(29)15-28(27,32)25(31)24(23)30/h7-8,16-20,22,24-25,29-32H,9-15H2,1-6H3/b8-7+/t17?,18?,19-,20?,22?,24-,25+,26+,27+,28-/m0/s1. The zero-order valence-corrected chi connectivity index (χ0v) is 21.0. The fourth-order valence-electron chi connectivity index (χ4n) is 8.09. The fraction of sp³-hybridized carbons (Fsp3) is 0.857. The number of fused-ring (bicyclic) bond motifs is 4. The summed E-state index contributed by atoms with van der Waals surface area (Å²) in [5, 5.41) is 44.4. The quantitative estimate of drug-likeness (QED) is 0.475. The third-order valence-corrected chi connectivity index (χ3v) is 10.7. The highest BCUT2D eigenvalue weighted by Crippen LogP contribution is 2.66. The molecule has 4 heteroatoms. The van der Waals surface area contributed by atoms with Crippen molar-refractivity contribution >= 4 is 0 Å². The first-order chi connectivity index (χ1) is 14.9. The molecule has 0 aromatic heterocycles. The molecule has 0 radical (unpaired) electrons. The molecule has 0 saturated heterocycles. The summed E-state index contributed by atoms with van der Waals surface area (Å²) < 4.78 is 0.